The van der Waals surface area contributed by atoms with Crippen molar-refractivity contribution in [3.8, 4) is 17.1 Å². The maximum Gasteiger partial charge on any atom is 0.573 e. The molecule has 2 aromatic rings. The molecule has 0 saturated heterocycles. The van der Waals surface area contributed by atoms with Crippen molar-refractivity contribution in [3.05, 3.63) is 44.8 Å². The van der Waals surface area contributed by atoms with E-state index in [0.29, 0.717) is 28.0 Å². The Morgan fingerprint density at radius 3 is 2.43 bits per heavy atom. The van der Waals surface area contributed by atoms with Crippen LogP contribution in [-0.2, 0) is 6.42 Å². The van der Waals surface area contributed by atoms with Crippen LogP contribution < -0.4 is 10.3 Å². The zero-order chi connectivity index (χ0) is 15.6. The van der Waals surface area contributed by atoms with Crippen LogP contribution in [0.1, 0.15) is 12.6 Å². The number of aryl methyl sites for hydroxylation is 1. The van der Waals surface area contributed by atoms with Crippen molar-refractivity contribution in [3.63, 3.8) is 0 Å². The van der Waals surface area contributed by atoms with Crippen LogP contribution in [0.15, 0.2) is 33.5 Å². The highest BCUT2D eigenvalue weighted by atomic mass is 79.9. The summed E-state index contributed by atoms with van der Waals surface area (Å²) in [7, 11) is 0. The van der Waals surface area contributed by atoms with Crippen LogP contribution in [0, 0.1) is 0 Å². The number of ether oxygens (including phenoxy) is 1. The lowest BCUT2D eigenvalue weighted by molar-refractivity contribution is -0.274. The number of alkyl halides is 3. The average Bonchev–Trinajstić information content (AvgIpc) is 2.41. The first-order valence-corrected chi connectivity index (χ1v) is 6.74. The van der Waals surface area contributed by atoms with E-state index in [1.807, 2.05) is 6.92 Å². The SMILES string of the molecule is CCc1nc(-c2ccc(OC(F)(F)F)cc2)[nH]c(=O)c1Br. The molecular formula is C13H10BrF3N2O2. The topological polar surface area (TPSA) is 55.0 Å². The zero-order valence-corrected chi connectivity index (χ0v) is 12.4. The van der Waals surface area contributed by atoms with Gasteiger partial charge in [0.25, 0.3) is 5.56 Å². The van der Waals surface area contributed by atoms with Crippen molar-refractivity contribution in [1.82, 2.24) is 9.97 Å². The van der Waals surface area contributed by atoms with E-state index in [2.05, 4.69) is 30.6 Å². The monoisotopic (exact) mass is 362 g/mol. The van der Waals surface area contributed by atoms with Gasteiger partial charge in [0.15, 0.2) is 0 Å². The van der Waals surface area contributed by atoms with E-state index in [9.17, 15) is 18.0 Å². The van der Waals surface area contributed by atoms with Crippen LogP contribution in [0.25, 0.3) is 11.4 Å². The number of hydrogen-bond donors (Lipinski definition) is 1. The lowest BCUT2D eigenvalue weighted by Gasteiger charge is -2.09. The molecule has 112 valence electrons. The van der Waals surface area contributed by atoms with Gasteiger partial charge in [-0.25, -0.2) is 4.98 Å². The fourth-order valence-corrected chi connectivity index (χ4v) is 2.16. The van der Waals surface area contributed by atoms with E-state index >= 15 is 0 Å². The van der Waals surface area contributed by atoms with E-state index < -0.39 is 6.36 Å². The largest absolute Gasteiger partial charge is 0.573 e. The van der Waals surface area contributed by atoms with E-state index in [1.54, 1.807) is 0 Å². The Kier molecular flexibility index (Phi) is 4.36. The minimum atomic E-state index is -4.74. The number of nitrogens with zero attached hydrogens (tertiary/aromatic N) is 1. The van der Waals surface area contributed by atoms with Gasteiger partial charge in [0.1, 0.15) is 16.0 Å². The number of hydrogen-bond acceptors (Lipinski definition) is 3. The third kappa shape index (κ3) is 3.84. The van der Waals surface area contributed by atoms with Crippen LogP contribution in [0.5, 0.6) is 5.75 Å². The molecule has 1 aromatic carbocycles. The summed E-state index contributed by atoms with van der Waals surface area (Å²) in [4.78, 5) is 18.5. The molecule has 0 aliphatic rings. The van der Waals surface area contributed by atoms with Crippen LogP contribution in [0.4, 0.5) is 13.2 Å². The molecule has 4 nitrogen and oxygen atoms in total. The van der Waals surface area contributed by atoms with E-state index in [1.165, 1.54) is 12.1 Å². The second-order valence-electron chi connectivity index (χ2n) is 4.10. The van der Waals surface area contributed by atoms with Crippen LogP contribution >= 0.6 is 15.9 Å². The number of aromatic amines is 1. The number of nitrogens with one attached hydrogen (secondary N) is 1. The molecular weight excluding hydrogens is 353 g/mol. The molecule has 1 heterocycles. The predicted molar refractivity (Wildman–Crippen MR) is 74.1 cm³/mol. The van der Waals surface area contributed by atoms with Gasteiger partial charge < -0.3 is 9.72 Å². The van der Waals surface area contributed by atoms with E-state index in [-0.39, 0.29) is 11.3 Å². The van der Waals surface area contributed by atoms with E-state index in [0.717, 1.165) is 12.1 Å². The van der Waals surface area contributed by atoms with Crippen molar-refractivity contribution < 1.29 is 17.9 Å². The summed E-state index contributed by atoms with van der Waals surface area (Å²) in [5.74, 6) is -0.0416. The van der Waals surface area contributed by atoms with Crippen LogP contribution in [0.3, 0.4) is 0 Å². The summed E-state index contributed by atoms with van der Waals surface area (Å²) in [6, 6.07) is 5.12. The Morgan fingerprint density at radius 2 is 1.90 bits per heavy atom. The van der Waals surface area contributed by atoms with Crippen molar-refractivity contribution in [1.29, 1.82) is 0 Å². The highest BCUT2D eigenvalue weighted by Crippen LogP contribution is 2.25. The standard InChI is InChI=1S/C13H10BrF3N2O2/c1-2-9-10(14)12(20)19-11(18-9)7-3-5-8(6-4-7)21-13(15,16)17/h3-6H,2H2,1H3,(H,18,19,20). The highest BCUT2D eigenvalue weighted by Gasteiger charge is 2.31. The third-order valence-corrected chi connectivity index (χ3v) is 3.45. The molecule has 0 radical (unpaired) electrons. The zero-order valence-electron chi connectivity index (χ0n) is 10.8. The molecule has 2 rings (SSSR count). The van der Waals surface area contributed by atoms with Gasteiger partial charge in [-0.2, -0.15) is 0 Å². The Hall–Kier alpha value is -1.83. The Morgan fingerprint density at radius 1 is 1.29 bits per heavy atom. The van der Waals surface area contributed by atoms with Crippen LogP contribution in [0.2, 0.25) is 0 Å². The third-order valence-electron chi connectivity index (χ3n) is 2.63. The summed E-state index contributed by atoms with van der Waals surface area (Å²) in [5, 5.41) is 0. The van der Waals surface area contributed by atoms with Crippen molar-refractivity contribution in [2.24, 2.45) is 0 Å². The first-order valence-electron chi connectivity index (χ1n) is 5.95. The molecule has 0 atom stereocenters. The highest BCUT2D eigenvalue weighted by molar-refractivity contribution is 9.10. The first-order chi connectivity index (χ1) is 9.80. The van der Waals surface area contributed by atoms with Gasteiger partial charge in [-0.15, -0.1) is 13.2 Å². The normalized spacial score (nSPS) is 11.5. The predicted octanol–water partition coefficient (Wildman–Crippen LogP) is 3.66. The van der Waals surface area contributed by atoms with Crippen molar-refractivity contribution in [2.45, 2.75) is 19.7 Å². The average molecular weight is 363 g/mol. The minimum Gasteiger partial charge on any atom is -0.406 e. The van der Waals surface area contributed by atoms with Gasteiger partial charge in [0.2, 0.25) is 0 Å². The van der Waals surface area contributed by atoms with Gasteiger partial charge in [-0.1, -0.05) is 6.92 Å². The molecule has 0 fully saturated rings. The molecule has 0 unspecified atom stereocenters. The molecule has 21 heavy (non-hydrogen) atoms. The Labute approximate surface area is 126 Å². The number of halogens is 4. The fraction of sp³-hybridized carbons (Fsp3) is 0.231. The van der Waals surface area contributed by atoms with Gasteiger partial charge in [0.05, 0.1) is 5.69 Å². The molecule has 0 bridgehead atoms. The molecule has 8 heteroatoms. The molecule has 0 saturated carbocycles. The summed E-state index contributed by atoms with van der Waals surface area (Å²) in [6.45, 7) is 1.84. The fourth-order valence-electron chi connectivity index (χ4n) is 1.69. The Bertz CT molecular complexity index is 696. The smallest absolute Gasteiger partial charge is 0.406 e. The van der Waals surface area contributed by atoms with Gasteiger partial charge in [0, 0.05) is 5.56 Å². The summed E-state index contributed by atoms with van der Waals surface area (Å²) >= 11 is 3.14. The quantitative estimate of drug-likeness (QED) is 0.906. The van der Waals surface area contributed by atoms with Crippen molar-refractivity contribution in [2.75, 3.05) is 0 Å². The van der Waals surface area contributed by atoms with E-state index in [4.69, 9.17) is 0 Å². The number of benzene rings is 1. The summed E-state index contributed by atoms with van der Waals surface area (Å²) < 4.78 is 40.4. The summed E-state index contributed by atoms with van der Waals surface area (Å²) in [6.07, 6.45) is -4.19. The first kappa shape index (κ1) is 15.6. The van der Waals surface area contributed by atoms with Gasteiger partial charge in [-0.3, -0.25) is 4.79 Å². The molecule has 0 aliphatic heterocycles. The Balaban J connectivity index is 2.35. The summed E-state index contributed by atoms with van der Waals surface area (Å²) in [5.41, 5.74) is 0.723. The number of aromatic nitrogens is 2. The lowest BCUT2D eigenvalue weighted by Crippen LogP contribution is -2.17. The van der Waals surface area contributed by atoms with Crippen LogP contribution in [-0.4, -0.2) is 16.3 Å². The lowest BCUT2D eigenvalue weighted by atomic mass is 10.2. The second kappa shape index (κ2) is 5.88. The maximum atomic E-state index is 12.1. The maximum absolute atomic E-state index is 12.1. The second-order valence-corrected chi connectivity index (χ2v) is 4.89. The molecule has 0 aliphatic carbocycles. The number of H-pyrrole nitrogens is 1. The van der Waals surface area contributed by atoms with Gasteiger partial charge in [-0.05, 0) is 46.6 Å². The van der Waals surface area contributed by atoms with Crippen molar-refractivity contribution >= 4 is 15.9 Å². The molecule has 1 N–H and O–H groups in total. The van der Waals surface area contributed by atoms with Gasteiger partial charge >= 0.3 is 6.36 Å². The number of rotatable bonds is 3. The molecule has 1 aromatic heterocycles. The minimum absolute atomic E-state index is 0.290. The molecule has 0 amide bonds. The molecule has 0 spiro atoms.